The third-order valence-corrected chi connectivity index (χ3v) is 5.14. The number of phenolic OH excluding ortho intramolecular Hbond substituents is 1. The molecular weight excluding hydrogens is 298 g/mol. The van der Waals surface area contributed by atoms with E-state index in [9.17, 15) is 10.2 Å². The highest BCUT2D eigenvalue weighted by Gasteiger charge is 2.34. The number of hydrogen-bond donors (Lipinski definition) is 3. The third kappa shape index (κ3) is 4.37. The van der Waals surface area contributed by atoms with E-state index in [1.807, 2.05) is 12.1 Å². The van der Waals surface area contributed by atoms with E-state index in [1.165, 1.54) is 5.56 Å². The monoisotopic (exact) mass is 325 g/mol. The molecule has 0 aromatic heterocycles. The van der Waals surface area contributed by atoms with Gasteiger partial charge in [-0.25, -0.2) is 0 Å². The molecular formula is C21H27NO2. The first-order valence-corrected chi connectivity index (χ1v) is 8.95. The average Bonchev–Trinajstić information content (AvgIpc) is 2.62. The van der Waals surface area contributed by atoms with Crippen LogP contribution in [-0.4, -0.2) is 22.8 Å². The van der Waals surface area contributed by atoms with Crippen molar-refractivity contribution in [1.82, 2.24) is 5.32 Å². The first-order valence-electron chi connectivity index (χ1n) is 8.95. The molecule has 0 heterocycles. The van der Waals surface area contributed by atoms with Crippen LogP contribution in [0.5, 0.6) is 5.75 Å². The number of phenols is 1. The fourth-order valence-electron chi connectivity index (χ4n) is 3.60. The second-order valence-electron chi connectivity index (χ2n) is 6.90. The van der Waals surface area contributed by atoms with Crippen molar-refractivity contribution in [2.45, 2.75) is 50.2 Å². The summed E-state index contributed by atoms with van der Waals surface area (Å²) in [6, 6.07) is 18.1. The third-order valence-electron chi connectivity index (χ3n) is 5.14. The van der Waals surface area contributed by atoms with Crippen LogP contribution in [0.3, 0.4) is 0 Å². The van der Waals surface area contributed by atoms with Gasteiger partial charge in [-0.2, -0.15) is 0 Å². The van der Waals surface area contributed by atoms with Gasteiger partial charge in [-0.15, -0.1) is 0 Å². The van der Waals surface area contributed by atoms with Gasteiger partial charge in [0.25, 0.3) is 0 Å². The van der Waals surface area contributed by atoms with E-state index in [0.717, 1.165) is 50.6 Å². The van der Waals surface area contributed by atoms with Crippen molar-refractivity contribution in [1.29, 1.82) is 0 Å². The Kier molecular flexibility index (Phi) is 5.54. The van der Waals surface area contributed by atoms with E-state index in [0.29, 0.717) is 6.04 Å². The molecule has 0 spiro atoms. The smallest absolute Gasteiger partial charge is 0.115 e. The summed E-state index contributed by atoms with van der Waals surface area (Å²) in [6.07, 6.45) is 5.77. The van der Waals surface area contributed by atoms with Gasteiger partial charge < -0.3 is 15.5 Å². The zero-order chi connectivity index (χ0) is 16.8. The molecule has 1 saturated carbocycles. The molecule has 2 aromatic rings. The van der Waals surface area contributed by atoms with E-state index in [-0.39, 0.29) is 5.75 Å². The lowest BCUT2D eigenvalue weighted by Gasteiger charge is -2.37. The minimum absolute atomic E-state index is 0.246. The Labute approximate surface area is 144 Å². The molecule has 0 atom stereocenters. The van der Waals surface area contributed by atoms with Crippen molar-refractivity contribution in [3.8, 4) is 5.75 Å². The summed E-state index contributed by atoms with van der Waals surface area (Å²) in [5.41, 5.74) is 1.57. The van der Waals surface area contributed by atoms with Gasteiger partial charge in [0.2, 0.25) is 0 Å². The molecule has 1 fully saturated rings. The molecule has 3 rings (SSSR count). The zero-order valence-electron chi connectivity index (χ0n) is 14.1. The van der Waals surface area contributed by atoms with Crippen molar-refractivity contribution >= 4 is 0 Å². The summed E-state index contributed by atoms with van der Waals surface area (Å²) in [5, 5.41) is 23.9. The SMILES string of the molecule is Oc1ccc(C2(O)CCC(NCCCc3ccccc3)CC2)cc1. The van der Waals surface area contributed by atoms with Crippen molar-refractivity contribution in [3.05, 3.63) is 65.7 Å². The topological polar surface area (TPSA) is 52.5 Å². The molecule has 24 heavy (non-hydrogen) atoms. The van der Waals surface area contributed by atoms with Crippen molar-refractivity contribution in [2.75, 3.05) is 6.54 Å². The summed E-state index contributed by atoms with van der Waals surface area (Å²) < 4.78 is 0. The van der Waals surface area contributed by atoms with E-state index < -0.39 is 5.60 Å². The second-order valence-corrected chi connectivity index (χ2v) is 6.90. The second kappa shape index (κ2) is 7.82. The van der Waals surface area contributed by atoms with Gasteiger partial charge in [0.05, 0.1) is 5.60 Å². The van der Waals surface area contributed by atoms with Gasteiger partial charge in [-0.1, -0.05) is 42.5 Å². The van der Waals surface area contributed by atoms with E-state index in [2.05, 4.69) is 35.6 Å². The molecule has 3 heteroatoms. The van der Waals surface area contributed by atoms with Crippen molar-refractivity contribution < 1.29 is 10.2 Å². The summed E-state index contributed by atoms with van der Waals surface area (Å²) in [6.45, 7) is 1.02. The first kappa shape index (κ1) is 17.0. The summed E-state index contributed by atoms with van der Waals surface area (Å²) in [7, 11) is 0. The average molecular weight is 325 g/mol. The zero-order valence-corrected chi connectivity index (χ0v) is 14.1. The normalized spacial score (nSPS) is 24.0. The fraction of sp³-hybridized carbons (Fsp3) is 0.429. The molecule has 0 saturated heterocycles. The largest absolute Gasteiger partial charge is 0.508 e. The summed E-state index contributed by atoms with van der Waals surface area (Å²) in [4.78, 5) is 0. The Morgan fingerprint density at radius 2 is 1.62 bits per heavy atom. The Balaban J connectivity index is 1.41. The highest BCUT2D eigenvalue weighted by atomic mass is 16.3. The number of benzene rings is 2. The Hall–Kier alpha value is -1.84. The van der Waals surface area contributed by atoms with Gasteiger partial charge in [0, 0.05) is 6.04 Å². The quantitative estimate of drug-likeness (QED) is 0.709. The van der Waals surface area contributed by atoms with Gasteiger partial charge in [-0.05, 0) is 68.3 Å². The molecule has 1 aliphatic rings. The van der Waals surface area contributed by atoms with E-state index in [1.54, 1.807) is 12.1 Å². The van der Waals surface area contributed by atoms with Crippen molar-refractivity contribution in [3.63, 3.8) is 0 Å². The molecule has 0 amide bonds. The number of nitrogens with one attached hydrogen (secondary N) is 1. The lowest BCUT2D eigenvalue weighted by atomic mass is 9.77. The highest BCUT2D eigenvalue weighted by Crippen LogP contribution is 2.37. The highest BCUT2D eigenvalue weighted by molar-refractivity contribution is 5.30. The van der Waals surface area contributed by atoms with E-state index >= 15 is 0 Å². The number of aromatic hydroxyl groups is 1. The number of aliphatic hydroxyl groups is 1. The fourth-order valence-corrected chi connectivity index (χ4v) is 3.60. The lowest BCUT2D eigenvalue weighted by Crippen LogP contribution is -2.40. The standard InChI is InChI=1S/C21H27NO2/c23-20-10-8-18(9-11-20)21(24)14-12-19(13-15-21)22-16-4-7-17-5-2-1-3-6-17/h1-3,5-6,8-11,19,22-24H,4,7,12-16H2. The maximum absolute atomic E-state index is 10.9. The summed E-state index contributed by atoms with van der Waals surface area (Å²) >= 11 is 0. The first-order chi connectivity index (χ1) is 11.7. The van der Waals surface area contributed by atoms with Crippen LogP contribution >= 0.6 is 0 Å². The number of hydrogen-bond acceptors (Lipinski definition) is 3. The minimum atomic E-state index is -0.740. The number of aryl methyl sites for hydroxylation is 1. The molecule has 3 nitrogen and oxygen atoms in total. The van der Waals surface area contributed by atoms with Gasteiger partial charge in [0.15, 0.2) is 0 Å². The van der Waals surface area contributed by atoms with E-state index in [4.69, 9.17) is 0 Å². The molecule has 128 valence electrons. The Morgan fingerprint density at radius 3 is 2.29 bits per heavy atom. The predicted molar refractivity (Wildman–Crippen MR) is 97.0 cm³/mol. The van der Waals surface area contributed by atoms with Crippen LogP contribution in [0, 0.1) is 0 Å². The van der Waals surface area contributed by atoms with Crippen LogP contribution in [0.25, 0.3) is 0 Å². The van der Waals surface area contributed by atoms with Crippen LogP contribution in [0.2, 0.25) is 0 Å². The molecule has 3 N–H and O–H groups in total. The van der Waals surface area contributed by atoms with Gasteiger partial charge >= 0.3 is 0 Å². The predicted octanol–water partition coefficient (Wildman–Crippen LogP) is 3.74. The molecule has 0 unspecified atom stereocenters. The van der Waals surface area contributed by atoms with Crippen LogP contribution in [0.1, 0.15) is 43.2 Å². The molecule has 1 aliphatic carbocycles. The van der Waals surface area contributed by atoms with Gasteiger partial charge in [-0.3, -0.25) is 0 Å². The minimum Gasteiger partial charge on any atom is -0.508 e. The van der Waals surface area contributed by atoms with Crippen LogP contribution < -0.4 is 5.32 Å². The van der Waals surface area contributed by atoms with Gasteiger partial charge in [0.1, 0.15) is 5.75 Å². The number of rotatable bonds is 6. The van der Waals surface area contributed by atoms with Crippen molar-refractivity contribution in [2.24, 2.45) is 0 Å². The molecule has 0 bridgehead atoms. The molecule has 0 radical (unpaired) electrons. The Bertz CT molecular complexity index is 616. The lowest BCUT2D eigenvalue weighted by molar-refractivity contribution is -0.00831. The van der Waals surface area contributed by atoms with Crippen LogP contribution in [-0.2, 0) is 12.0 Å². The maximum Gasteiger partial charge on any atom is 0.115 e. The Morgan fingerprint density at radius 1 is 0.958 bits per heavy atom. The van der Waals surface area contributed by atoms with Crippen LogP contribution in [0.4, 0.5) is 0 Å². The maximum atomic E-state index is 10.9. The molecule has 2 aromatic carbocycles. The summed E-state index contributed by atoms with van der Waals surface area (Å²) in [5.74, 6) is 0.246. The van der Waals surface area contributed by atoms with Crippen LogP contribution in [0.15, 0.2) is 54.6 Å². The molecule has 0 aliphatic heterocycles.